The van der Waals surface area contributed by atoms with Crippen LogP contribution in [0.1, 0.15) is 30.9 Å². The highest BCUT2D eigenvalue weighted by atomic mass is 32.2. The Balaban J connectivity index is 1.62. The van der Waals surface area contributed by atoms with Crippen LogP contribution in [-0.4, -0.2) is 88.3 Å². The highest BCUT2D eigenvalue weighted by Gasteiger charge is 2.34. The normalized spacial score (nSPS) is 18.5. The first-order valence-electron chi connectivity index (χ1n) is 13.4. The number of sulfonamides is 1. The lowest BCUT2D eigenvalue weighted by Crippen LogP contribution is -2.48. The molecule has 0 saturated carbocycles. The number of urea groups is 1. The van der Waals surface area contributed by atoms with E-state index in [1.807, 2.05) is 6.92 Å². The number of aliphatic hydroxyl groups is 1. The van der Waals surface area contributed by atoms with Gasteiger partial charge in [0, 0.05) is 44.0 Å². The number of nitrogens with zero attached hydrogens (tertiary/aromatic N) is 5. The molecule has 3 N–H and O–H groups in total. The zero-order chi connectivity index (χ0) is 30.8. The third-order valence-corrected chi connectivity index (χ3v) is 8.95. The Hall–Kier alpha value is -3.95. The van der Waals surface area contributed by atoms with Crippen LogP contribution in [0.25, 0.3) is 0 Å². The molecule has 2 aromatic heterocycles. The van der Waals surface area contributed by atoms with Crippen LogP contribution in [0.4, 0.5) is 16.2 Å². The van der Waals surface area contributed by atoms with Gasteiger partial charge in [0.25, 0.3) is 10.0 Å². The summed E-state index contributed by atoms with van der Waals surface area (Å²) in [7, 11) is -0.766. The fraction of sp³-hybridized carbons (Fsp3) is 0.481. The number of aromatic nitrogens is 3. The van der Waals surface area contributed by atoms with Crippen molar-refractivity contribution in [3.8, 4) is 5.75 Å². The van der Waals surface area contributed by atoms with E-state index in [-0.39, 0.29) is 43.0 Å². The van der Waals surface area contributed by atoms with E-state index in [0.29, 0.717) is 34.1 Å². The second kappa shape index (κ2) is 12.5. The Labute approximate surface area is 244 Å². The van der Waals surface area contributed by atoms with Gasteiger partial charge < -0.3 is 34.5 Å². The molecule has 0 saturated heterocycles. The van der Waals surface area contributed by atoms with Crippen molar-refractivity contribution in [1.29, 1.82) is 0 Å². The second-order valence-corrected chi connectivity index (χ2v) is 12.6. The third-order valence-electron chi connectivity index (χ3n) is 7.24. The number of amides is 3. The maximum Gasteiger partial charge on any atom is 0.323 e. The number of likely N-dealkylation sites (N-methyl/N-ethyl adjacent to an activating group) is 1. The summed E-state index contributed by atoms with van der Waals surface area (Å²) in [5.41, 5.74) is 1.91. The number of ether oxygens (including phenoxy) is 1. The van der Waals surface area contributed by atoms with Crippen LogP contribution in [-0.2, 0) is 28.3 Å². The first-order chi connectivity index (χ1) is 19.8. The van der Waals surface area contributed by atoms with Crippen molar-refractivity contribution in [2.75, 3.05) is 37.4 Å². The molecule has 228 valence electrons. The van der Waals surface area contributed by atoms with Crippen molar-refractivity contribution in [2.45, 2.75) is 51.3 Å². The highest BCUT2D eigenvalue weighted by Crippen LogP contribution is 2.30. The molecule has 3 atom stereocenters. The molecular weight excluding hydrogens is 566 g/mol. The molecule has 1 aliphatic heterocycles. The lowest BCUT2D eigenvalue weighted by molar-refractivity contribution is -0.134. The summed E-state index contributed by atoms with van der Waals surface area (Å²) in [4.78, 5) is 31.7. The summed E-state index contributed by atoms with van der Waals surface area (Å²) in [5, 5.41) is 19.1. The van der Waals surface area contributed by atoms with Gasteiger partial charge in [-0.05, 0) is 39.0 Å². The molecule has 0 aliphatic carbocycles. The van der Waals surface area contributed by atoms with E-state index in [0.717, 1.165) is 0 Å². The van der Waals surface area contributed by atoms with Gasteiger partial charge in [0.1, 0.15) is 23.2 Å². The zero-order valence-electron chi connectivity index (χ0n) is 24.5. The fourth-order valence-corrected chi connectivity index (χ4v) is 5.84. The predicted molar refractivity (Wildman–Crippen MR) is 154 cm³/mol. The van der Waals surface area contributed by atoms with E-state index in [2.05, 4.69) is 20.8 Å². The molecule has 15 heteroatoms. The number of imidazole rings is 1. The van der Waals surface area contributed by atoms with E-state index >= 15 is 0 Å². The quantitative estimate of drug-likeness (QED) is 0.349. The molecule has 42 heavy (non-hydrogen) atoms. The highest BCUT2D eigenvalue weighted by molar-refractivity contribution is 7.89. The number of hydrogen-bond acceptors (Lipinski definition) is 9. The number of aryl methyl sites for hydroxylation is 3. The maximum absolute atomic E-state index is 13.4. The first-order valence-corrected chi connectivity index (χ1v) is 14.9. The number of fused-ring (bicyclic) bond motifs is 1. The minimum Gasteiger partial charge on any atom is -0.488 e. The Morgan fingerprint density at radius 1 is 1.29 bits per heavy atom. The van der Waals surface area contributed by atoms with E-state index in [1.54, 1.807) is 55.5 Å². The molecule has 0 spiro atoms. The Bertz CT molecular complexity index is 1530. The Morgan fingerprint density at radius 3 is 2.64 bits per heavy atom. The molecule has 0 unspecified atom stereocenters. The number of hydrogen-bond donors (Lipinski definition) is 3. The largest absolute Gasteiger partial charge is 0.488 e. The van der Waals surface area contributed by atoms with E-state index in [1.165, 1.54) is 23.9 Å². The molecule has 0 radical (unpaired) electrons. The number of carbonyl (C=O) groups excluding carboxylic acids is 2. The van der Waals surface area contributed by atoms with Crippen LogP contribution in [0.3, 0.4) is 0 Å². The second-order valence-electron chi connectivity index (χ2n) is 10.7. The summed E-state index contributed by atoms with van der Waals surface area (Å²) in [6.07, 6.45) is 2.13. The van der Waals surface area contributed by atoms with Gasteiger partial charge in [-0.15, -0.1) is 0 Å². The molecule has 3 amide bonds. The molecule has 4 rings (SSSR count). The molecule has 3 heterocycles. The summed E-state index contributed by atoms with van der Waals surface area (Å²) < 4.78 is 40.6. The number of nitrogens with one attached hydrogen (secondary N) is 2. The summed E-state index contributed by atoms with van der Waals surface area (Å²) >= 11 is 0. The van der Waals surface area contributed by atoms with E-state index in [9.17, 15) is 23.1 Å². The number of rotatable bonds is 8. The maximum atomic E-state index is 13.4. The summed E-state index contributed by atoms with van der Waals surface area (Å²) in [6, 6.07) is 3.93. The van der Waals surface area contributed by atoms with Crippen molar-refractivity contribution in [3.05, 3.63) is 47.7 Å². The first kappa shape index (κ1) is 31.0. The van der Waals surface area contributed by atoms with Gasteiger partial charge in [0.05, 0.1) is 31.9 Å². The topological polar surface area (TPSA) is 172 Å². The number of carbonyl (C=O) groups is 2. The van der Waals surface area contributed by atoms with Gasteiger partial charge in [-0.25, -0.2) is 18.2 Å². The van der Waals surface area contributed by atoms with Gasteiger partial charge >= 0.3 is 6.03 Å². The van der Waals surface area contributed by atoms with Gasteiger partial charge in [0.2, 0.25) is 5.91 Å². The fourth-order valence-electron chi connectivity index (χ4n) is 4.70. The minimum absolute atomic E-state index is 0.0190. The van der Waals surface area contributed by atoms with Crippen molar-refractivity contribution in [2.24, 2.45) is 13.0 Å². The number of benzene rings is 1. The monoisotopic (exact) mass is 603 g/mol. The Kier molecular flexibility index (Phi) is 9.23. The van der Waals surface area contributed by atoms with Crippen LogP contribution >= 0.6 is 0 Å². The smallest absolute Gasteiger partial charge is 0.323 e. The van der Waals surface area contributed by atoms with Gasteiger partial charge in [-0.1, -0.05) is 12.1 Å². The van der Waals surface area contributed by atoms with Crippen molar-refractivity contribution in [3.63, 3.8) is 0 Å². The number of anilines is 2. The third kappa shape index (κ3) is 6.74. The van der Waals surface area contributed by atoms with Crippen LogP contribution in [0, 0.1) is 19.8 Å². The molecule has 0 bridgehead atoms. The predicted octanol–water partition coefficient (Wildman–Crippen LogP) is 2.14. The number of aliphatic hydroxyl groups excluding tert-OH is 1. The average Bonchev–Trinajstić information content (AvgIpc) is 3.53. The van der Waals surface area contributed by atoms with Crippen LogP contribution < -0.4 is 15.4 Å². The molecular formula is C27H37N7O7S. The summed E-state index contributed by atoms with van der Waals surface area (Å²) in [5.74, 6) is 0.304. The lowest BCUT2D eigenvalue weighted by atomic mass is 10.0. The molecule has 14 nitrogen and oxygen atoms in total. The molecule has 0 fully saturated rings. The van der Waals surface area contributed by atoms with Crippen LogP contribution in [0.2, 0.25) is 0 Å². The molecule has 3 aromatic rings. The Morgan fingerprint density at radius 2 is 2.02 bits per heavy atom. The van der Waals surface area contributed by atoms with Crippen molar-refractivity contribution < 1.29 is 32.4 Å². The van der Waals surface area contributed by atoms with Crippen LogP contribution in [0.5, 0.6) is 5.75 Å². The van der Waals surface area contributed by atoms with E-state index < -0.39 is 28.2 Å². The average molecular weight is 604 g/mol. The summed E-state index contributed by atoms with van der Waals surface area (Å²) in [6.45, 7) is 6.98. The van der Waals surface area contributed by atoms with Gasteiger partial charge in [-0.2, -0.15) is 4.31 Å². The standard InChI is InChI=1S/C27H37N7O7S/c1-16-11-34(17(2)14-35)25(36)10-20-9-21(29-27(37)30-26-18(3)31-41-19(26)4)7-8-22(20)40-23(16)12-33(6)42(38,39)24-13-32(5)15-28-24/h7-9,13,15-17,23,35H,10-12,14H2,1-6H3,(H2,29,30,37)/t16-,17+,23-/m0/s1. The molecule has 1 aliphatic rings. The SMILES string of the molecule is Cc1noc(C)c1NC(=O)Nc1ccc2c(c1)CC(=O)N([C@H](C)CO)C[C@H](C)[C@H](CN(C)S(=O)(=O)c1cn(C)cn1)O2. The van der Waals surface area contributed by atoms with Crippen LogP contribution in [0.15, 0.2) is 40.3 Å². The molecule has 1 aromatic carbocycles. The van der Waals surface area contributed by atoms with Gasteiger partial charge in [-0.3, -0.25) is 4.79 Å². The van der Waals surface area contributed by atoms with Crippen molar-refractivity contribution >= 4 is 33.3 Å². The lowest BCUT2D eigenvalue weighted by Gasteiger charge is -2.33. The van der Waals surface area contributed by atoms with E-state index in [4.69, 9.17) is 9.26 Å². The van der Waals surface area contributed by atoms with Gasteiger partial charge in [0.15, 0.2) is 10.8 Å². The zero-order valence-corrected chi connectivity index (χ0v) is 25.3. The van der Waals surface area contributed by atoms with Crippen molar-refractivity contribution in [1.82, 2.24) is 23.9 Å². The minimum atomic E-state index is -3.91.